The molecule has 0 saturated carbocycles. The summed E-state index contributed by atoms with van der Waals surface area (Å²) in [5, 5.41) is 8.93. The van der Waals surface area contributed by atoms with E-state index in [1.165, 1.54) is 18.3 Å². The van der Waals surface area contributed by atoms with E-state index in [0.29, 0.717) is 5.56 Å². The van der Waals surface area contributed by atoms with E-state index in [4.69, 9.17) is 16.7 Å². The molecule has 0 fully saturated rings. The Labute approximate surface area is 83.3 Å². The minimum atomic E-state index is -4.60. The number of aromatic nitrogens is 1. The van der Waals surface area contributed by atoms with Crippen molar-refractivity contribution in [2.75, 3.05) is 0 Å². The summed E-state index contributed by atoms with van der Waals surface area (Å²) in [6.07, 6.45) is -6.25. The first-order valence-corrected chi connectivity index (χ1v) is 4.12. The van der Waals surface area contributed by atoms with Gasteiger partial charge in [0.15, 0.2) is 6.10 Å². The van der Waals surface area contributed by atoms with Gasteiger partial charge in [-0.1, -0.05) is 17.7 Å². The maximum absolute atomic E-state index is 11.9. The van der Waals surface area contributed by atoms with Crippen molar-refractivity contribution in [3.8, 4) is 0 Å². The molecule has 1 atom stereocenters. The van der Waals surface area contributed by atoms with Crippen LogP contribution in [0.3, 0.4) is 0 Å². The lowest BCUT2D eigenvalue weighted by Gasteiger charge is -2.13. The number of nitrogens with zero attached hydrogens (tertiary/aromatic N) is 1. The highest BCUT2D eigenvalue weighted by Crippen LogP contribution is 2.22. The van der Waals surface area contributed by atoms with Crippen molar-refractivity contribution >= 4 is 11.6 Å². The summed E-state index contributed by atoms with van der Waals surface area (Å²) in [5.74, 6) is 0. The van der Waals surface area contributed by atoms with Gasteiger partial charge in [0.1, 0.15) is 5.15 Å². The highest BCUT2D eigenvalue weighted by Gasteiger charge is 2.37. The SMILES string of the molecule is OC(Cc1ccc(Cl)nc1)C(F)(F)F. The number of halogens is 4. The smallest absolute Gasteiger partial charge is 0.383 e. The number of aliphatic hydroxyl groups is 1. The molecule has 0 spiro atoms. The highest BCUT2D eigenvalue weighted by atomic mass is 35.5. The molecule has 0 aliphatic heterocycles. The largest absolute Gasteiger partial charge is 0.414 e. The third kappa shape index (κ3) is 3.16. The summed E-state index contributed by atoms with van der Waals surface area (Å²) in [7, 11) is 0. The quantitative estimate of drug-likeness (QED) is 0.783. The van der Waals surface area contributed by atoms with Crippen molar-refractivity contribution in [3.05, 3.63) is 29.0 Å². The molecule has 0 radical (unpaired) electrons. The molecule has 1 aromatic heterocycles. The summed E-state index contributed by atoms with van der Waals surface area (Å²) < 4.78 is 35.8. The Morgan fingerprint density at radius 3 is 2.50 bits per heavy atom. The molecule has 14 heavy (non-hydrogen) atoms. The Kier molecular flexibility index (Phi) is 3.34. The Hall–Kier alpha value is -0.810. The first-order chi connectivity index (χ1) is 6.39. The van der Waals surface area contributed by atoms with E-state index in [9.17, 15) is 13.2 Å². The number of hydrogen-bond donors (Lipinski definition) is 1. The molecule has 0 aliphatic carbocycles. The minimum Gasteiger partial charge on any atom is -0.383 e. The van der Waals surface area contributed by atoms with Crippen LogP contribution in [0.5, 0.6) is 0 Å². The van der Waals surface area contributed by atoms with Crippen LogP contribution >= 0.6 is 11.6 Å². The number of aliphatic hydroxyl groups excluding tert-OH is 1. The number of pyridine rings is 1. The zero-order valence-electron chi connectivity index (χ0n) is 6.92. The molecule has 1 aromatic rings. The van der Waals surface area contributed by atoms with Crippen LogP contribution in [0.25, 0.3) is 0 Å². The summed E-state index contributed by atoms with van der Waals surface area (Å²) in [6, 6.07) is 2.77. The molecule has 78 valence electrons. The van der Waals surface area contributed by atoms with Crippen molar-refractivity contribution in [3.63, 3.8) is 0 Å². The van der Waals surface area contributed by atoms with Crippen LogP contribution in [0.4, 0.5) is 13.2 Å². The van der Waals surface area contributed by atoms with Crippen molar-refractivity contribution in [1.82, 2.24) is 4.98 Å². The van der Waals surface area contributed by atoms with Gasteiger partial charge in [-0.15, -0.1) is 0 Å². The van der Waals surface area contributed by atoms with Gasteiger partial charge in [-0.25, -0.2) is 4.98 Å². The summed E-state index contributed by atoms with van der Waals surface area (Å²) >= 11 is 5.44. The van der Waals surface area contributed by atoms with Gasteiger partial charge in [0, 0.05) is 12.6 Å². The fraction of sp³-hybridized carbons (Fsp3) is 0.375. The van der Waals surface area contributed by atoms with Gasteiger partial charge in [-0.05, 0) is 11.6 Å². The van der Waals surface area contributed by atoms with E-state index in [2.05, 4.69) is 4.98 Å². The summed E-state index contributed by atoms with van der Waals surface area (Å²) in [5.41, 5.74) is 0.291. The van der Waals surface area contributed by atoms with Crippen LogP contribution in [0.15, 0.2) is 18.3 Å². The highest BCUT2D eigenvalue weighted by molar-refractivity contribution is 6.29. The van der Waals surface area contributed by atoms with Gasteiger partial charge in [0.25, 0.3) is 0 Å². The van der Waals surface area contributed by atoms with Crippen molar-refractivity contribution in [1.29, 1.82) is 0 Å². The minimum absolute atomic E-state index is 0.204. The monoisotopic (exact) mass is 225 g/mol. The molecule has 0 aliphatic rings. The van der Waals surface area contributed by atoms with Crippen molar-refractivity contribution < 1.29 is 18.3 Å². The van der Waals surface area contributed by atoms with E-state index in [0.717, 1.165) is 0 Å². The molecular formula is C8H7ClF3NO. The van der Waals surface area contributed by atoms with E-state index in [-0.39, 0.29) is 5.15 Å². The number of hydrogen-bond acceptors (Lipinski definition) is 2. The van der Waals surface area contributed by atoms with Gasteiger partial charge >= 0.3 is 6.18 Å². The molecular weight excluding hydrogens is 219 g/mol. The predicted octanol–water partition coefficient (Wildman–Crippen LogP) is 2.20. The molecule has 6 heteroatoms. The molecule has 0 amide bonds. The van der Waals surface area contributed by atoms with Gasteiger partial charge in [-0.3, -0.25) is 0 Å². The Bertz CT molecular complexity index is 298. The Balaban J connectivity index is 2.65. The van der Waals surface area contributed by atoms with Crippen LogP contribution in [0, 0.1) is 0 Å². The van der Waals surface area contributed by atoms with Crippen LogP contribution in [-0.2, 0) is 6.42 Å². The fourth-order valence-corrected chi connectivity index (χ4v) is 0.978. The first kappa shape index (κ1) is 11.3. The Morgan fingerprint density at radius 2 is 2.07 bits per heavy atom. The van der Waals surface area contributed by atoms with Crippen molar-refractivity contribution in [2.45, 2.75) is 18.7 Å². The second-order valence-electron chi connectivity index (χ2n) is 2.75. The fourth-order valence-electron chi connectivity index (χ4n) is 0.866. The molecule has 1 heterocycles. The molecule has 0 aromatic carbocycles. The third-order valence-electron chi connectivity index (χ3n) is 1.60. The third-order valence-corrected chi connectivity index (χ3v) is 1.82. The Morgan fingerprint density at radius 1 is 1.43 bits per heavy atom. The lowest BCUT2D eigenvalue weighted by molar-refractivity contribution is -0.203. The van der Waals surface area contributed by atoms with Gasteiger partial charge in [0.2, 0.25) is 0 Å². The predicted molar refractivity (Wildman–Crippen MR) is 45.0 cm³/mol. The normalized spacial score (nSPS) is 14.1. The first-order valence-electron chi connectivity index (χ1n) is 3.75. The number of rotatable bonds is 2. The maximum Gasteiger partial charge on any atom is 0.414 e. The van der Waals surface area contributed by atoms with Gasteiger partial charge in [0.05, 0.1) is 0 Å². The van der Waals surface area contributed by atoms with E-state index in [1.54, 1.807) is 0 Å². The second-order valence-corrected chi connectivity index (χ2v) is 3.14. The second kappa shape index (κ2) is 4.14. The average Bonchev–Trinajstić information content (AvgIpc) is 2.07. The molecule has 1 rings (SSSR count). The lowest BCUT2D eigenvalue weighted by atomic mass is 10.1. The standard InChI is InChI=1S/C8H7ClF3NO/c9-7-2-1-5(4-13-7)3-6(14)8(10,11)12/h1-2,4,6,14H,3H2. The zero-order chi connectivity index (χ0) is 10.8. The van der Waals surface area contributed by atoms with Crippen LogP contribution in [0.2, 0.25) is 5.15 Å². The van der Waals surface area contributed by atoms with E-state index < -0.39 is 18.7 Å². The topological polar surface area (TPSA) is 33.1 Å². The molecule has 1 unspecified atom stereocenters. The summed E-state index contributed by atoms with van der Waals surface area (Å²) in [4.78, 5) is 3.60. The molecule has 0 bridgehead atoms. The lowest BCUT2D eigenvalue weighted by Crippen LogP contribution is -2.30. The molecule has 2 nitrogen and oxygen atoms in total. The van der Waals surface area contributed by atoms with Crippen LogP contribution < -0.4 is 0 Å². The molecule has 0 saturated heterocycles. The van der Waals surface area contributed by atoms with E-state index >= 15 is 0 Å². The molecule has 1 N–H and O–H groups in total. The summed E-state index contributed by atoms with van der Waals surface area (Å²) in [6.45, 7) is 0. The van der Waals surface area contributed by atoms with Gasteiger partial charge < -0.3 is 5.11 Å². The average molecular weight is 226 g/mol. The van der Waals surface area contributed by atoms with Crippen LogP contribution in [0.1, 0.15) is 5.56 Å². The van der Waals surface area contributed by atoms with Crippen molar-refractivity contribution in [2.24, 2.45) is 0 Å². The number of alkyl halides is 3. The van der Waals surface area contributed by atoms with Gasteiger partial charge in [-0.2, -0.15) is 13.2 Å². The maximum atomic E-state index is 11.9. The zero-order valence-corrected chi connectivity index (χ0v) is 7.68. The van der Waals surface area contributed by atoms with Crippen LogP contribution in [-0.4, -0.2) is 22.4 Å². The van der Waals surface area contributed by atoms with E-state index in [1.807, 2.05) is 0 Å².